The maximum Gasteiger partial charge on any atom is 0.341 e. The Kier molecular flexibility index (Phi) is 4.31. The van der Waals surface area contributed by atoms with Gasteiger partial charge in [0.25, 0.3) is 0 Å². The molecule has 0 amide bonds. The molecule has 1 fully saturated rings. The van der Waals surface area contributed by atoms with Crippen LogP contribution in [0.15, 0.2) is 6.20 Å². The molecule has 104 valence electrons. The van der Waals surface area contributed by atoms with Gasteiger partial charge < -0.3 is 15.0 Å². The van der Waals surface area contributed by atoms with Gasteiger partial charge in [0.05, 0.1) is 17.9 Å². The Balaban J connectivity index is 2.16. The molecule has 0 saturated carbocycles. The predicted molar refractivity (Wildman–Crippen MR) is 72.4 cm³/mol. The predicted octanol–water partition coefficient (Wildman–Crippen LogP) is 0.760. The van der Waals surface area contributed by atoms with Crippen LogP contribution >= 0.6 is 0 Å². The van der Waals surface area contributed by atoms with Gasteiger partial charge in [0.2, 0.25) is 5.95 Å². The summed E-state index contributed by atoms with van der Waals surface area (Å²) in [5, 5.41) is 3.37. The molecule has 1 unspecified atom stereocenters. The second-order valence-electron chi connectivity index (χ2n) is 4.69. The summed E-state index contributed by atoms with van der Waals surface area (Å²) in [4.78, 5) is 22.5. The van der Waals surface area contributed by atoms with Crippen molar-refractivity contribution in [1.82, 2.24) is 15.3 Å². The highest BCUT2D eigenvalue weighted by Crippen LogP contribution is 2.14. The van der Waals surface area contributed by atoms with E-state index in [2.05, 4.69) is 27.1 Å². The number of nitrogens with one attached hydrogen (secondary N) is 1. The van der Waals surface area contributed by atoms with E-state index in [9.17, 15) is 4.79 Å². The minimum atomic E-state index is -0.361. The van der Waals surface area contributed by atoms with Gasteiger partial charge in [-0.3, -0.25) is 0 Å². The Labute approximate surface area is 113 Å². The van der Waals surface area contributed by atoms with Gasteiger partial charge in [0.1, 0.15) is 0 Å². The summed E-state index contributed by atoms with van der Waals surface area (Å²) < 4.78 is 4.97. The zero-order chi connectivity index (χ0) is 13.8. The standard InChI is InChI=1S/C13H20N4O2/c1-4-19-12(18)11-7-15-13(16-10(11)3)17-6-5-14-9(2)8-17/h7,9,14H,4-6,8H2,1-3H3. The molecule has 0 bridgehead atoms. The number of hydrogen-bond donors (Lipinski definition) is 1. The number of ether oxygens (including phenoxy) is 1. The maximum atomic E-state index is 11.7. The average molecular weight is 264 g/mol. The smallest absolute Gasteiger partial charge is 0.341 e. The molecule has 19 heavy (non-hydrogen) atoms. The van der Waals surface area contributed by atoms with Gasteiger partial charge in [-0.15, -0.1) is 0 Å². The summed E-state index contributed by atoms with van der Waals surface area (Å²) in [6.07, 6.45) is 1.56. The molecule has 0 spiro atoms. The second kappa shape index (κ2) is 5.97. The molecule has 1 aromatic rings. The Morgan fingerprint density at radius 2 is 2.42 bits per heavy atom. The second-order valence-corrected chi connectivity index (χ2v) is 4.69. The van der Waals surface area contributed by atoms with Gasteiger partial charge >= 0.3 is 5.97 Å². The lowest BCUT2D eigenvalue weighted by Gasteiger charge is -2.32. The van der Waals surface area contributed by atoms with E-state index in [1.165, 1.54) is 0 Å². The van der Waals surface area contributed by atoms with Crippen LogP contribution in [-0.2, 0) is 4.74 Å². The minimum absolute atomic E-state index is 0.356. The van der Waals surface area contributed by atoms with Crippen molar-refractivity contribution in [3.05, 3.63) is 17.5 Å². The van der Waals surface area contributed by atoms with E-state index in [0.29, 0.717) is 29.9 Å². The highest BCUT2D eigenvalue weighted by atomic mass is 16.5. The molecule has 1 saturated heterocycles. The molecule has 0 aromatic carbocycles. The third kappa shape index (κ3) is 3.20. The average Bonchev–Trinajstić information content (AvgIpc) is 2.38. The quantitative estimate of drug-likeness (QED) is 0.813. The molecule has 6 heteroatoms. The molecule has 1 aromatic heterocycles. The highest BCUT2D eigenvalue weighted by Gasteiger charge is 2.20. The number of anilines is 1. The van der Waals surface area contributed by atoms with Gasteiger partial charge in [-0.1, -0.05) is 0 Å². The number of hydrogen-bond acceptors (Lipinski definition) is 6. The number of carbonyl (C=O) groups is 1. The largest absolute Gasteiger partial charge is 0.462 e. The Morgan fingerprint density at radius 1 is 1.63 bits per heavy atom. The van der Waals surface area contributed by atoms with E-state index < -0.39 is 0 Å². The van der Waals surface area contributed by atoms with Crippen molar-refractivity contribution >= 4 is 11.9 Å². The molecule has 1 N–H and O–H groups in total. The van der Waals surface area contributed by atoms with Gasteiger partial charge in [0, 0.05) is 31.9 Å². The SMILES string of the molecule is CCOC(=O)c1cnc(N2CCNC(C)C2)nc1C. The van der Waals surface area contributed by atoms with Gasteiger partial charge in [-0.2, -0.15) is 0 Å². The molecule has 2 heterocycles. The van der Waals surface area contributed by atoms with Gasteiger partial charge in [-0.25, -0.2) is 14.8 Å². The van der Waals surface area contributed by atoms with Crippen molar-refractivity contribution < 1.29 is 9.53 Å². The lowest BCUT2D eigenvalue weighted by molar-refractivity contribution is 0.0524. The van der Waals surface area contributed by atoms with Crippen LogP contribution in [0.1, 0.15) is 29.9 Å². The Morgan fingerprint density at radius 3 is 3.05 bits per heavy atom. The van der Waals surface area contributed by atoms with Crippen LogP contribution in [0.2, 0.25) is 0 Å². The van der Waals surface area contributed by atoms with Crippen LogP contribution in [0.4, 0.5) is 5.95 Å². The van der Waals surface area contributed by atoms with E-state index in [0.717, 1.165) is 19.6 Å². The van der Waals surface area contributed by atoms with Crippen molar-refractivity contribution in [3.8, 4) is 0 Å². The van der Waals surface area contributed by atoms with Gasteiger partial charge in [0.15, 0.2) is 0 Å². The number of piperazine rings is 1. The van der Waals surface area contributed by atoms with E-state index in [1.54, 1.807) is 13.1 Å². The number of esters is 1. The fourth-order valence-electron chi connectivity index (χ4n) is 2.13. The summed E-state index contributed by atoms with van der Waals surface area (Å²) in [5.41, 5.74) is 1.10. The molecule has 1 aliphatic heterocycles. The molecule has 1 atom stereocenters. The minimum Gasteiger partial charge on any atom is -0.462 e. The summed E-state index contributed by atoms with van der Waals surface area (Å²) in [5.74, 6) is 0.319. The first-order chi connectivity index (χ1) is 9.11. The normalized spacial score (nSPS) is 19.3. The monoisotopic (exact) mass is 264 g/mol. The summed E-state index contributed by atoms with van der Waals surface area (Å²) in [6, 6.07) is 0.419. The fraction of sp³-hybridized carbons (Fsp3) is 0.615. The van der Waals surface area contributed by atoms with Crippen LogP contribution in [-0.4, -0.2) is 48.2 Å². The zero-order valence-corrected chi connectivity index (χ0v) is 11.6. The van der Waals surface area contributed by atoms with Crippen LogP contribution < -0.4 is 10.2 Å². The van der Waals surface area contributed by atoms with E-state index in [4.69, 9.17) is 4.74 Å². The maximum absolute atomic E-state index is 11.7. The topological polar surface area (TPSA) is 67.3 Å². The molecular weight excluding hydrogens is 244 g/mol. The lowest BCUT2D eigenvalue weighted by Crippen LogP contribution is -2.49. The molecule has 1 aliphatic rings. The Bertz CT molecular complexity index is 464. The van der Waals surface area contributed by atoms with E-state index in [-0.39, 0.29) is 5.97 Å². The van der Waals surface area contributed by atoms with Crippen LogP contribution in [0.3, 0.4) is 0 Å². The number of aryl methyl sites for hydroxylation is 1. The number of rotatable bonds is 3. The van der Waals surface area contributed by atoms with Crippen LogP contribution in [0.5, 0.6) is 0 Å². The summed E-state index contributed by atoms with van der Waals surface area (Å²) in [7, 11) is 0. The number of carbonyl (C=O) groups excluding carboxylic acids is 1. The van der Waals surface area contributed by atoms with Crippen molar-refractivity contribution in [2.45, 2.75) is 26.8 Å². The molecular formula is C13H20N4O2. The summed E-state index contributed by atoms with van der Waals surface area (Å²) >= 11 is 0. The van der Waals surface area contributed by atoms with E-state index in [1.807, 2.05) is 6.92 Å². The van der Waals surface area contributed by atoms with Crippen molar-refractivity contribution in [2.24, 2.45) is 0 Å². The highest BCUT2D eigenvalue weighted by molar-refractivity contribution is 5.90. The first-order valence-electron chi connectivity index (χ1n) is 6.61. The zero-order valence-electron chi connectivity index (χ0n) is 11.6. The molecule has 0 aliphatic carbocycles. The number of aromatic nitrogens is 2. The molecule has 0 radical (unpaired) electrons. The first kappa shape index (κ1) is 13.7. The first-order valence-corrected chi connectivity index (χ1v) is 6.61. The third-order valence-corrected chi connectivity index (χ3v) is 3.11. The summed E-state index contributed by atoms with van der Waals surface area (Å²) in [6.45, 7) is 8.75. The number of nitrogens with zero attached hydrogens (tertiary/aromatic N) is 3. The Hall–Kier alpha value is -1.69. The third-order valence-electron chi connectivity index (χ3n) is 3.11. The lowest BCUT2D eigenvalue weighted by atomic mass is 10.2. The van der Waals surface area contributed by atoms with Crippen molar-refractivity contribution in [2.75, 3.05) is 31.1 Å². The molecule has 2 rings (SSSR count). The van der Waals surface area contributed by atoms with E-state index >= 15 is 0 Å². The fourth-order valence-corrected chi connectivity index (χ4v) is 2.13. The van der Waals surface area contributed by atoms with Crippen molar-refractivity contribution in [3.63, 3.8) is 0 Å². The van der Waals surface area contributed by atoms with Crippen LogP contribution in [0, 0.1) is 6.92 Å². The molecule has 6 nitrogen and oxygen atoms in total. The van der Waals surface area contributed by atoms with Crippen LogP contribution in [0.25, 0.3) is 0 Å². The van der Waals surface area contributed by atoms with Crippen molar-refractivity contribution in [1.29, 1.82) is 0 Å². The van der Waals surface area contributed by atoms with Gasteiger partial charge in [-0.05, 0) is 20.8 Å².